The number of carbonyl (C=O) groups is 2. The van der Waals surface area contributed by atoms with E-state index in [0.717, 1.165) is 22.5 Å². The third-order valence-electron chi connectivity index (χ3n) is 3.63. The maximum absolute atomic E-state index is 12.2. The first-order valence-electron chi connectivity index (χ1n) is 8.13. The van der Waals surface area contributed by atoms with Crippen molar-refractivity contribution in [3.8, 4) is 0 Å². The summed E-state index contributed by atoms with van der Waals surface area (Å²) in [5.41, 5.74) is 1.63. The van der Waals surface area contributed by atoms with E-state index < -0.39 is 28.6 Å². The Balaban J connectivity index is 2.17. The van der Waals surface area contributed by atoms with Crippen molar-refractivity contribution < 1.29 is 22.7 Å². The fraction of sp³-hybridized carbons (Fsp3) is 0.353. The molecular weight excluding hydrogens is 358 g/mol. The maximum atomic E-state index is 12.2. The molecule has 0 saturated carbocycles. The number of esters is 1. The van der Waals surface area contributed by atoms with Crippen LogP contribution in [-0.4, -0.2) is 43.5 Å². The molecule has 0 spiro atoms. The van der Waals surface area contributed by atoms with Gasteiger partial charge in [-0.1, -0.05) is 19.1 Å². The molecule has 9 heteroatoms. The summed E-state index contributed by atoms with van der Waals surface area (Å²) in [5.74, 6) is -1.24. The second-order valence-electron chi connectivity index (χ2n) is 5.57. The average molecular weight is 379 g/mol. The van der Waals surface area contributed by atoms with Crippen LogP contribution in [0.1, 0.15) is 26.3 Å². The Morgan fingerprint density at radius 2 is 2.00 bits per heavy atom. The van der Waals surface area contributed by atoms with Gasteiger partial charge in [-0.3, -0.25) is 4.79 Å². The number of carbonyl (C=O) groups excluding carboxylic acids is 2. The molecule has 0 atom stereocenters. The van der Waals surface area contributed by atoms with E-state index in [0.29, 0.717) is 5.69 Å². The van der Waals surface area contributed by atoms with E-state index in [2.05, 4.69) is 9.71 Å². The third kappa shape index (κ3) is 4.69. The predicted octanol–water partition coefficient (Wildman–Crippen LogP) is 1.66. The van der Waals surface area contributed by atoms with Crippen LogP contribution in [0.4, 0.5) is 5.69 Å². The first-order chi connectivity index (χ1) is 12.3. The summed E-state index contributed by atoms with van der Waals surface area (Å²) in [6.45, 7) is 4.67. The van der Waals surface area contributed by atoms with Gasteiger partial charge in [0.05, 0.1) is 17.9 Å². The largest absolute Gasteiger partial charge is 0.462 e. The highest BCUT2D eigenvalue weighted by molar-refractivity contribution is 7.88. The molecule has 0 aliphatic carbocycles. The molecule has 1 amide bonds. The van der Waals surface area contributed by atoms with Crippen molar-refractivity contribution in [2.24, 2.45) is 4.40 Å². The molecule has 140 valence electrons. The Labute approximate surface area is 152 Å². The average Bonchev–Trinajstić information content (AvgIpc) is 2.57. The molecule has 1 aliphatic rings. The second-order valence-corrected chi connectivity index (χ2v) is 7.11. The van der Waals surface area contributed by atoms with E-state index in [1.807, 2.05) is 19.1 Å². The van der Waals surface area contributed by atoms with Crippen molar-refractivity contribution in [3.05, 3.63) is 41.6 Å². The van der Waals surface area contributed by atoms with Crippen LogP contribution in [0.5, 0.6) is 0 Å². The summed E-state index contributed by atoms with van der Waals surface area (Å²) < 4.78 is 33.5. The van der Waals surface area contributed by atoms with Gasteiger partial charge in [0, 0.05) is 11.9 Å². The van der Waals surface area contributed by atoms with Crippen LogP contribution in [0.3, 0.4) is 0 Å². The minimum Gasteiger partial charge on any atom is -0.462 e. The number of aryl methyl sites for hydroxylation is 1. The van der Waals surface area contributed by atoms with Gasteiger partial charge in [0.2, 0.25) is 5.91 Å². The van der Waals surface area contributed by atoms with Crippen LogP contribution in [0.25, 0.3) is 0 Å². The molecule has 1 heterocycles. The predicted molar refractivity (Wildman–Crippen MR) is 97.9 cm³/mol. The van der Waals surface area contributed by atoms with Crippen LogP contribution >= 0.6 is 0 Å². The Kier molecular flexibility index (Phi) is 6.14. The summed E-state index contributed by atoms with van der Waals surface area (Å²) >= 11 is 0. The Hall–Kier alpha value is -2.68. The molecule has 0 aromatic heterocycles. The second kappa shape index (κ2) is 8.13. The normalized spacial score (nSPS) is 15.7. The van der Waals surface area contributed by atoms with Crippen LogP contribution in [0.15, 0.2) is 40.4 Å². The summed E-state index contributed by atoms with van der Waals surface area (Å²) in [4.78, 5) is 24.2. The number of anilines is 1. The van der Waals surface area contributed by atoms with E-state index in [-0.39, 0.29) is 17.9 Å². The smallest absolute Gasteiger partial charge is 0.344 e. The van der Waals surface area contributed by atoms with Crippen molar-refractivity contribution >= 4 is 33.5 Å². The van der Waals surface area contributed by atoms with Gasteiger partial charge >= 0.3 is 16.2 Å². The SMILES string of the molecule is CCOC(=O)C1=CN(CC(=O)Nc2cccc(CC)c2)S(=O)(=O)N=C1C. The Morgan fingerprint density at radius 3 is 2.65 bits per heavy atom. The highest BCUT2D eigenvalue weighted by atomic mass is 32.2. The molecule has 1 aliphatic heterocycles. The minimum atomic E-state index is -4.08. The summed E-state index contributed by atoms with van der Waals surface area (Å²) in [7, 11) is -4.08. The molecule has 1 aromatic rings. The number of rotatable bonds is 6. The molecule has 8 nitrogen and oxygen atoms in total. The van der Waals surface area contributed by atoms with E-state index in [1.54, 1.807) is 19.1 Å². The van der Waals surface area contributed by atoms with E-state index in [9.17, 15) is 18.0 Å². The lowest BCUT2D eigenvalue weighted by Crippen LogP contribution is -2.37. The molecule has 1 aromatic carbocycles. The monoisotopic (exact) mass is 379 g/mol. The number of nitrogens with zero attached hydrogens (tertiary/aromatic N) is 2. The van der Waals surface area contributed by atoms with Gasteiger partial charge in [-0.2, -0.15) is 8.42 Å². The molecule has 0 unspecified atom stereocenters. The lowest BCUT2D eigenvalue weighted by molar-refractivity contribution is -0.138. The summed E-state index contributed by atoms with van der Waals surface area (Å²) in [6, 6.07) is 7.25. The van der Waals surface area contributed by atoms with E-state index in [4.69, 9.17) is 4.74 Å². The van der Waals surface area contributed by atoms with Crippen molar-refractivity contribution in [2.45, 2.75) is 27.2 Å². The molecule has 26 heavy (non-hydrogen) atoms. The third-order valence-corrected chi connectivity index (χ3v) is 4.96. The number of hydrogen-bond donors (Lipinski definition) is 1. The van der Waals surface area contributed by atoms with Gasteiger partial charge in [0.1, 0.15) is 6.54 Å². The number of benzene rings is 1. The summed E-state index contributed by atoms with van der Waals surface area (Å²) in [6.07, 6.45) is 1.89. The van der Waals surface area contributed by atoms with Crippen LogP contribution in [0.2, 0.25) is 0 Å². The summed E-state index contributed by atoms with van der Waals surface area (Å²) in [5, 5.41) is 2.64. The molecular formula is C17H21N3O5S. The topological polar surface area (TPSA) is 105 Å². The number of ether oxygens (including phenoxy) is 1. The fourth-order valence-electron chi connectivity index (χ4n) is 2.33. The first-order valence-corrected chi connectivity index (χ1v) is 9.53. The Bertz CT molecular complexity index is 874. The van der Waals surface area contributed by atoms with Gasteiger partial charge in [0.15, 0.2) is 0 Å². The van der Waals surface area contributed by atoms with Crippen molar-refractivity contribution in [1.82, 2.24) is 4.31 Å². The quantitative estimate of drug-likeness (QED) is 0.757. The first kappa shape index (κ1) is 19.6. The molecule has 0 bridgehead atoms. The zero-order valence-corrected chi connectivity index (χ0v) is 15.7. The molecule has 0 fully saturated rings. The molecule has 0 saturated heterocycles. The van der Waals surface area contributed by atoms with Gasteiger partial charge in [-0.15, -0.1) is 4.40 Å². The van der Waals surface area contributed by atoms with Crippen LogP contribution in [0, 0.1) is 0 Å². The lowest BCUT2D eigenvalue weighted by atomic mass is 10.1. The number of nitrogens with one attached hydrogen (secondary N) is 1. The van der Waals surface area contributed by atoms with E-state index in [1.165, 1.54) is 6.92 Å². The fourth-order valence-corrected chi connectivity index (χ4v) is 3.39. The zero-order valence-electron chi connectivity index (χ0n) is 14.9. The van der Waals surface area contributed by atoms with Gasteiger partial charge in [0.25, 0.3) is 0 Å². The van der Waals surface area contributed by atoms with Gasteiger partial charge in [-0.05, 0) is 38.0 Å². The van der Waals surface area contributed by atoms with Crippen LogP contribution in [-0.2, 0) is 31.0 Å². The van der Waals surface area contributed by atoms with Gasteiger partial charge < -0.3 is 10.1 Å². The minimum absolute atomic E-state index is 0.00227. The standard InChI is InChI=1S/C17H21N3O5S/c1-4-13-7-6-8-14(9-13)18-16(21)11-20-10-15(17(22)25-5-2)12(3)19-26(20,23)24/h6-10H,4-5,11H2,1-3H3,(H,18,21). The van der Waals surface area contributed by atoms with Crippen molar-refractivity contribution in [2.75, 3.05) is 18.5 Å². The molecule has 0 radical (unpaired) electrons. The molecule has 2 rings (SSSR count). The number of amides is 1. The number of hydrogen-bond acceptors (Lipinski definition) is 5. The van der Waals surface area contributed by atoms with E-state index >= 15 is 0 Å². The van der Waals surface area contributed by atoms with Crippen molar-refractivity contribution in [3.63, 3.8) is 0 Å². The van der Waals surface area contributed by atoms with Gasteiger partial charge in [-0.25, -0.2) is 9.10 Å². The lowest BCUT2D eigenvalue weighted by Gasteiger charge is -2.22. The zero-order chi connectivity index (χ0) is 19.3. The van der Waals surface area contributed by atoms with Crippen LogP contribution < -0.4 is 5.32 Å². The highest BCUT2D eigenvalue weighted by Gasteiger charge is 2.30. The van der Waals surface area contributed by atoms with Crippen molar-refractivity contribution in [1.29, 1.82) is 0 Å². The highest BCUT2D eigenvalue weighted by Crippen LogP contribution is 2.18. The maximum Gasteiger partial charge on any atom is 0.344 e. The molecule has 1 N–H and O–H groups in total. The Morgan fingerprint density at radius 1 is 1.27 bits per heavy atom.